The Morgan fingerprint density at radius 1 is 1.19 bits per heavy atom. The van der Waals surface area contributed by atoms with Crippen molar-refractivity contribution in [1.29, 1.82) is 0 Å². The highest BCUT2D eigenvalue weighted by Gasteiger charge is 2.30. The van der Waals surface area contributed by atoms with Crippen LogP contribution in [0.3, 0.4) is 0 Å². The zero-order valence-electron chi connectivity index (χ0n) is 14.0. The molecule has 0 atom stereocenters. The molecule has 0 amide bonds. The van der Waals surface area contributed by atoms with Crippen molar-refractivity contribution in [3.63, 3.8) is 0 Å². The van der Waals surface area contributed by atoms with Crippen molar-refractivity contribution in [1.82, 2.24) is 24.5 Å². The highest BCUT2D eigenvalue weighted by atomic mass is 35.5. The molecule has 0 aliphatic carbocycles. The third-order valence-corrected chi connectivity index (χ3v) is 4.06. The van der Waals surface area contributed by atoms with E-state index in [-0.39, 0.29) is 10.8 Å². The maximum Gasteiger partial charge on any atom is 0.417 e. The second-order valence-corrected chi connectivity index (χ2v) is 6.07. The average Bonchev–Trinajstić information content (AvgIpc) is 3.03. The number of pyridine rings is 1. The summed E-state index contributed by atoms with van der Waals surface area (Å²) in [5, 5.41) is 10.9. The fourth-order valence-corrected chi connectivity index (χ4v) is 2.54. The van der Waals surface area contributed by atoms with Gasteiger partial charge in [0, 0.05) is 26.0 Å². The van der Waals surface area contributed by atoms with Gasteiger partial charge in [-0.1, -0.05) is 11.6 Å². The maximum atomic E-state index is 12.6. The van der Waals surface area contributed by atoms with Crippen LogP contribution in [0.1, 0.15) is 11.1 Å². The molecule has 0 aromatic carbocycles. The van der Waals surface area contributed by atoms with Gasteiger partial charge in [-0.3, -0.25) is 9.48 Å². The number of anilines is 1. The van der Waals surface area contributed by atoms with Gasteiger partial charge in [-0.25, -0.2) is 4.98 Å². The Labute approximate surface area is 156 Å². The molecule has 7 nitrogen and oxygen atoms in total. The van der Waals surface area contributed by atoms with E-state index in [1.165, 1.54) is 6.20 Å². The lowest BCUT2D eigenvalue weighted by molar-refractivity contribution is -0.137. The fourth-order valence-electron chi connectivity index (χ4n) is 2.34. The molecule has 3 rings (SSSR count). The molecule has 0 aliphatic rings. The lowest BCUT2D eigenvalue weighted by Gasteiger charge is -2.10. The van der Waals surface area contributed by atoms with Crippen LogP contribution in [-0.4, -0.2) is 31.1 Å². The first-order valence-corrected chi connectivity index (χ1v) is 8.16. The molecule has 0 aliphatic heterocycles. The van der Waals surface area contributed by atoms with E-state index in [1.807, 2.05) is 13.2 Å². The molecular formula is C16H14ClF3N6O. The molecule has 0 saturated carbocycles. The Kier molecular flexibility index (Phi) is 5.17. The van der Waals surface area contributed by atoms with E-state index in [4.69, 9.17) is 11.6 Å². The van der Waals surface area contributed by atoms with Crippen LogP contribution in [0.2, 0.25) is 5.02 Å². The van der Waals surface area contributed by atoms with Crippen molar-refractivity contribution in [3.8, 4) is 5.82 Å². The quantitative estimate of drug-likeness (QED) is 0.715. The number of nitrogens with one attached hydrogen (secondary N) is 1. The summed E-state index contributed by atoms with van der Waals surface area (Å²) in [4.78, 5) is 16.0. The molecule has 0 radical (unpaired) electrons. The van der Waals surface area contributed by atoms with E-state index in [0.29, 0.717) is 24.8 Å². The third-order valence-electron chi connectivity index (χ3n) is 3.70. The van der Waals surface area contributed by atoms with Gasteiger partial charge in [0.1, 0.15) is 5.02 Å². The predicted octanol–water partition coefficient (Wildman–Crippen LogP) is 2.69. The average molecular weight is 399 g/mol. The van der Waals surface area contributed by atoms with E-state index in [2.05, 4.69) is 20.5 Å². The third kappa shape index (κ3) is 4.27. The Morgan fingerprint density at radius 2 is 1.96 bits per heavy atom. The number of nitrogens with zero attached hydrogens (tertiary/aromatic N) is 5. The summed E-state index contributed by atoms with van der Waals surface area (Å²) in [6.45, 7) is 0.495. The predicted molar refractivity (Wildman–Crippen MR) is 93.0 cm³/mol. The van der Waals surface area contributed by atoms with Crippen LogP contribution in [0.25, 0.3) is 5.82 Å². The standard InChI is InChI=1S/C16H14ClF3N6O/c1-25-9-10(6-23-25)4-5-21-12-8-24-26(15(27)14(12)17)13-3-2-11(7-22-13)16(18,19)20/h2-3,6-9,21H,4-5H2,1H3. The lowest BCUT2D eigenvalue weighted by Crippen LogP contribution is -2.24. The van der Waals surface area contributed by atoms with Crippen LogP contribution < -0.4 is 10.9 Å². The van der Waals surface area contributed by atoms with Crippen molar-refractivity contribution >= 4 is 17.3 Å². The molecule has 142 valence electrons. The molecule has 0 spiro atoms. The van der Waals surface area contributed by atoms with E-state index in [1.54, 1.807) is 10.9 Å². The van der Waals surface area contributed by atoms with Crippen molar-refractivity contribution in [2.45, 2.75) is 12.6 Å². The second-order valence-electron chi connectivity index (χ2n) is 5.69. The molecule has 0 fully saturated rings. The van der Waals surface area contributed by atoms with E-state index in [9.17, 15) is 18.0 Å². The van der Waals surface area contributed by atoms with Gasteiger partial charge in [-0.05, 0) is 24.1 Å². The molecule has 3 heterocycles. The number of halogens is 4. The van der Waals surface area contributed by atoms with E-state index < -0.39 is 17.3 Å². The van der Waals surface area contributed by atoms with Crippen molar-refractivity contribution in [2.24, 2.45) is 7.05 Å². The van der Waals surface area contributed by atoms with Crippen LogP contribution in [0.15, 0.2) is 41.7 Å². The summed E-state index contributed by atoms with van der Waals surface area (Å²) < 4.78 is 40.3. The molecule has 1 N–H and O–H groups in total. The van der Waals surface area contributed by atoms with Crippen molar-refractivity contribution in [3.05, 3.63) is 63.4 Å². The molecule has 11 heteroatoms. The number of alkyl halides is 3. The lowest BCUT2D eigenvalue weighted by atomic mass is 10.2. The maximum absolute atomic E-state index is 12.6. The summed E-state index contributed by atoms with van der Waals surface area (Å²) >= 11 is 6.08. The normalized spacial score (nSPS) is 11.6. The largest absolute Gasteiger partial charge is 0.417 e. The minimum Gasteiger partial charge on any atom is -0.382 e. The van der Waals surface area contributed by atoms with Gasteiger partial charge in [0.2, 0.25) is 0 Å². The van der Waals surface area contributed by atoms with Gasteiger partial charge in [-0.2, -0.15) is 28.1 Å². The smallest absolute Gasteiger partial charge is 0.382 e. The van der Waals surface area contributed by atoms with Gasteiger partial charge >= 0.3 is 6.18 Å². The first-order chi connectivity index (χ1) is 12.8. The first kappa shape index (κ1) is 18.9. The molecule has 3 aromatic heterocycles. The van der Waals surface area contributed by atoms with Crippen molar-refractivity contribution < 1.29 is 13.2 Å². The van der Waals surface area contributed by atoms with Gasteiger partial charge in [-0.15, -0.1) is 0 Å². The SMILES string of the molecule is Cn1cc(CCNc2cnn(-c3ccc(C(F)(F)F)cn3)c(=O)c2Cl)cn1. The molecule has 27 heavy (non-hydrogen) atoms. The topological polar surface area (TPSA) is 77.6 Å². The highest BCUT2D eigenvalue weighted by molar-refractivity contribution is 6.32. The Morgan fingerprint density at radius 3 is 2.56 bits per heavy atom. The summed E-state index contributed by atoms with van der Waals surface area (Å²) in [5.41, 5.74) is -0.264. The van der Waals surface area contributed by atoms with E-state index in [0.717, 1.165) is 22.4 Å². The molecule has 0 unspecified atom stereocenters. The van der Waals surface area contributed by atoms with Gasteiger partial charge < -0.3 is 5.32 Å². The number of aromatic nitrogens is 5. The number of rotatable bonds is 5. The van der Waals surface area contributed by atoms with Crippen molar-refractivity contribution in [2.75, 3.05) is 11.9 Å². The zero-order valence-corrected chi connectivity index (χ0v) is 14.8. The van der Waals surface area contributed by atoms with Crippen LogP contribution in [0.4, 0.5) is 18.9 Å². The van der Waals surface area contributed by atoms with Gasteiger partial charge in [0.05, 0.1) is 23.6 Å². The monoisotopic (exact) mass is 398 g/mol. The van der Waals surface area contributed by atoms with Gasteiger partial charge in [0.25, 0.3) is 5.56 Å². The van der Waals surface area contributed by atoms with Crippen LogP contribution in [-0.2, 0) is 19.6 Å². The number of hydrogen-bond donors (Lipinski definition) is 1. The fraction of sp³-hybridized carbons (Fsp3) is 0.250. The van der Waals surface area contributed by atoms with E-state index >= 15 is 0 Å². The summed E-state index contributed by atoms with van der Waals surface area (Å²) in [7, 11) is 1.81. The molecule has 0 bridgehead atoms. The van der Waals surface area contributed by atoms with Crippen LogP contribution >= 0.6 is 11.6 Å². The molecule has 0 saturated heterocycles. The second kappa shape index (κ2) is 7.39. The Balaban J connectivity index is 1.75. The van der Waals surface area contributed by atoms with Gasteiger partial charge in [0.15, 0.2) is 5.82 Å². The summed E-state index contributed by atoms with van der Waals surface area (Å²) in [6.07, 6.45) is 1.71. The summed E-state index contributed by atoms with van der Waals surface area (Å²) in [6, 6.07) is 1.88. The Hall–Kier alpha value is -2.88. The highest BCUT2D eigenvalue weighted by Crippen LogP contribution is 2.28. The first-order valence-electron chi connectivity index (χ1n) is 7.78. The minimum atomic E-state index is -4.51. The zero-order chi connectivity index (χ0) is 19.6. The van der Waals surface area contributed by atoms with Crippen LogP contribution in [0, 0.1) is 0 Å². The summed E-state index contributed by atoms with van der Waals surface area (Å²) in [5.74, 6) is -0.0585. The molecule has 3 aromatic rings. The van der Waals surface area contributed by atoms with Crippen LogP contribution in [0.5, 0.6) is 0 Å². The minimum absolute atomic E-state index is 0.0585. The number of aryl methyl sites for hydroxylation is 1. The Bertz CT molecular complexity index is 997. The molecular weight excluding hydrogens is 385 g/mol. The number of hydrogen-bond acceptors (Lipinski definition) is 5.